The van der Waals surface area contributed by atoms with E-state index in [1.54, 1.807) is 0 Å². The summed E-state index contributed by atoms with van der Waals surface area (Å²) in [6.07, 6.45) is 9.88. The molecule has 2 bridgehead atoms. The smallest absolute Gasteiger partial charge is 0.225 e. The minimum Gasteiger partial charge on any atom is -0.396 e. The van der Waals surface area contributed by atoms with Crippen molar-refractivity contribution in [1.29, 1.82) is 0 Å². The summed E-state index contributed by atoms with van der Waals surface area (Å²) >= 11 is 0. The third-order valence-corrected chi connectivity index (χ3v) is 7.75. The van der Waals surface area contributed by atoms with Gasteiger partial charge in [0.2, 0.25) is 5.95 Å². The van der Waals surface area contributed by atoms with Gasteiger partial charge in [-0.15, -0.1) is 0 Å². The molecule has 32 heavy (non-hydrogen) atoms. The van der Waals surface area contributed by atoms with E-state index in [0.29, 0.717) is 12.0 Å². The fourth-order valence-corrected chi connectivity index (χ4v) is 6.01. The molecule has 0 amide bonds. The van der Waals surface area contributed by atoms with Crippen molar-refractivity contribution in [3.63, 3.8) is 0 Å². The maximum absolute atomic E-state index is 9.72. The second kappa shape index (κ2) is 8.00. The van der Waals surface area contributed by atoms with Crippen molar-refractivity contribution in [2.75, 3.05) is 18.1 Å². The molecular weight excluding hydrogens is 398 g/mol. The zero-order valence-corrected chi connectivity index (χ0v) is 18.5. The molecule has 0 spiro atoms. The molecule has 4 heterocycles. The summed E-state index contributed by atoms with van der Waals surface area (Å²) in [5, 5.41) is 14.8. The SMILES string of the molecule is OCC12CC(C1)N(c1nccc(Cc3cc(C4CCCC4)n(Cc4ccccc4)n3)n1)C2. The summed E-state index contributed by atoms with van der Waals surface area (Å²) < 4.78 is 2.23. The number of aromatic nitrogens is 4. The van der Waals surface area contributed by atoms with Crippen LogP contribution in [-0.4, -0.2) is 44.0 Å². The van der Waals surface area contributed by atoms with E-state index in [1.807, 2.05) is 12.3 Å². The molecule has 7 rings (SSSR count). The predicted molar refractivity (Wildman–Crippen MR) is 124 cm³/mol. The van der Waals surface area contributed by atoms with Crippen molar-refractivity contribution in [3.05, 3.63) is 71.3 Å². The molecule has 2 saturated heterocycles. The normalized spacial score (nSPS) is 24.8. The van der Waals surface area contributed by atoms with Crippen molar-refractivity contribution >= 4 is 5.95 Å². The maximum atomic E-state index is 9.72. The van der Waals surface area contributed by atoms with Crippen molar-refractivity contribution in [2.45, 2.75) is 63.5 Å². The highest BCUT2D eigenvalue weighted by Crippen LogP contribution is 2.52. The van der Waals surface area contributed by atoms with E-state index in [0.717, 1.165) is 49.7 Å². The Labute approximate surface area is 189 Å². The summed E-state index contributed by atoms with van der Waals surface area (Å²) in [6, 6.07) is 15.4. The van der Waals surface area contributed by atoms with Crippen molar-refractivity contribution < 1.29 is 5.11 Å². The monoisotopic (exact) mass is 429 g/mol. The average molecular weight is 430 g/mol. The molecule has 0 atom stereocenters. The highest BCUT2D eigenvalue weighted by Gasteiger charge is 2.55. The van der Waals surface area contributed by atoms with Gasteiger partial charge in [-0.1, -0.05) is 43.2 Å². The Morgan fingerprint density at radius 1 is 1.03 bits per heavy atom. The Balaban J connectivity index is 1.24. The molecule has 2 aliphatic heterocycles. The van der Waals surface area contributed by atoms with Gasteiger partial charge in [-0.05, 0) is 43.4 Å². The highest BCUT2D eigenvalue weighted by molar-refractivity contribution is 5.40. The van der Waals surface area contributed by atoms with Crippen LogP contribution in [0.25, 0.3) is 0 Å². The summed E-state index contributed by atoms with van der Waals surface area (Å²) in [7, 11) is 0. The van der Waals surface area contributed by atoms with Crippen LogP contribution in [0.2, 0.25) is 0 Å². The van der Waals surface area contributed by atoms with E-state index in [4.69, 9.17) is 10.1 Å². The summed E-state index contributed by atoms with van der Waals surface area (Å²) in [4.78, 5) is 11.7. The molecule has 4 aliphatic rings. The van der Waals surface area contributed by atoms with Crippen LogP contribution in [0, 0.1) is 5.41 Å². The van der Waals surface area contributed by atoms with Gasteiger partial charge in [0.1, 0.15) is 0 Å². The number of fused-ring (bicyclic) bond motifs is 1. The van der Waals surface area contributed by atoms with Gasteiger partial charge in [-0.3, -0.25) is 4.68 Å². The van der Waals surface area contributed by atoms with Crippen LogP contribution in [0.15, 0.2) is 48.7 Å². The van der Waals surface area contributed by atoms with Gasteiger partial charge in [0.15, 0.2) is 0 Å². The van der Waals surface area contributed by atoms with Crippen LogP contribution < -0.4 is 4.90 Å². The van der Waals surface area contributed by atoms with Crippen molar-refractivity contribution in [2.24, 2.45) is 5.41 Å². The average Bonchev–Trinajstić information content (AvgIpc) is 3.57. The van der Waals surface area contributed by atoms with Crippen LogP contribution in [0.4, 0.5) is 5.95 Å². The number of aliphatic hydroxyl groups is 1. The lowest BCUT2D eigenvalue weighted by molar-refractivity contribution is 0.0873. The van der Waals surface area contributed by atoms with Gasteiger partial charge >= 0.3 is 0 Å². The maximum Gasteiger partial charge on any atom is 0.225 e. The van der Waals surface area contributed by atoms with Crippen molar-refractivity contribution in [1.82, 2.24) is 19.7 Å². The molecule has 2 aromatic heterocycles. The zero-order valence-electron chi connectivity index (χ0n) is 18.5. The highest BCUT2D eigenvalue weighted by atomic mass is 16.3. The predicted octanol–water partition coefficient (Wildman–Crippen LogP) is 3.93. The lowest BCUT2D eigenvalue weighted by atomic mass is 9.71. The van der Waals surface area contributed by atoms with Gasteiger partial charge in [-0.25, -0.2) is 9.97 Å². The molecule has 1 aromatic carbocycles. The van der Waals surface area contributed by atoms with Gasteiger partial charge in [0, 0.05) is 42.2 Å². The van der Waals surface area contributed by atoms with Crippen molar-refractivity contribution in [3.8, 4) is 0 Å². The van der Waals surface area contributed by atoms with Gasteiger partial charge in [0.25, 0.3) is 0 Å². The molecule has 3 aromatic rings. The van der Waals surface area contributed by atoms with Crippen LogP contribution in [0.1, 0.15) is 67.1 Å². The van der Waals surface area contributed by atoms with Gasteiger partial charge in [0.05, 0.1) is 24.5 Å². The number of hydrogen-bond donors (Lipinski definition) is 1. The van der Waals surface area contributed by atoms with E-state index in [-0.39, 0.29) is 12.0 Å². The summed E-state index contributed by atoms with van der Waals surface area (Å²) in [5.41, 5.74) is 4.85. The quantitative estimate of drug-likeness (QED) is 0.616. The number of aliphatic hydroxyl groups excluding tert-OH is 1. The van der Waals surface area contributed by atoms with E-state index < -0.39 is 0 Å². The standard InChI is InChI=1S/C26H31N5O/c32-18-26-14-23(15-26)30(17-26)25-27-11-10-21(28-25)12-22-13-24(20-8-4-5-9-20)31(29-22)16-19-6-2-1-3-7-19/h1-3,6-7,10-11,13,20,23,32H,4-5,8-9,12,14-18H2. The molecule has 0 unspecified atom stereocenters. The summed E-state index contributed by atoms with van der Waals surface area (Å²) in [5.74, 6) is 1.42. The Morgan fingerprint density at radius 3 is 2.59 bits per heavy atom. The number of rotatable bonds is 7. The van der Waals surface area contributed by atoms with E-state index in [2.05, 4.69) is 51.0 Å². The van der Waals surface area contributed by atoms with Crippen LogP contribution >= 0.6 is 0 Å². The van der Waals surface area contributed by atoms with Crippen LogP contribution in [-0.2, 0) is 13.0 Å². The van der Waals surface area contributed by atoms with Crippen LogP contribution in [0.5, 0.6) is 0 Å². The molecule has 0 radical (unpaired) electrons. The first-order valence-electron chi connectivity index (χ1n) is 12.0. The lowest BCUT2D eigenvalue weighted by Gasteiger charge is -2.34. The third kappa shape index (κ3) is 3.60. The first-order valence-corrected chi connectivity index (χ1v) is 12.0. The Bertz CT molecular complexity index is 1080. The largest absolute Gasteiger partial charge is 0.396 e. The number of anilines is 1. The minimum atomic E-state index is 0.0798. The second-order valence-electron chi connectivity index (χ2n) is 10.1. The van der Waals surface area contributed by atoms with E-state index >= 15 is 0 Å². The summed E-state index contributed by atoms with van der Waals surface area (Å²) in [6.45, 7) is 1.96. The fraction of sp³-hybridized carbons (Fsp3) is 0.500. The Hall–Kier alpha value is -2.73. The minimum absolute atomic E-state index is 0.0798. The molecule has 6 heteroatoms. The molecule has 2 saturated carbocycles. The third-order valence-electron chi connectivity index (χ3n) is 7.75. The Kier molecular flexibility index (Phi) is 4.98. The second-order valence-corrected chi connectivity index (χ2v) is 10.1. The molecule has 2 aliphatic carbocycles. The fourth-order valence-electron chi connectivity index (χ4n) is 6.01. The zero-order chi connectivity index (χ0) is 21.5. The molecule has 1 N–H and O–H groups in total. The topological polar surface area (TPSA) is 67.1 Å². The molecular formula is C26H31N5O. The first kappa shape index (κ1) is 19.9. The van der Waals surface area contributed by atoms with Gasteiger partial charge in [-0.2, -0.15) is 5.10 Å². The van der Waals surface area contributed by atoms with E-state index in [9.17, 15) is 5.11 Å². The molecule has 166 valence electrons. The molecule has 6 nitrogen and oxygen atoms in total. The lowest BCUT2D eigenvalue weighted by Crippen LogP contribution is -2.37. The molecule has 4 fully saturated rings. The van der Waals surface area contributed by atoms with Crippen LogP contribution in [0.3, 0.4) is 0 Å². The van der Waals surface area contributed by atoms with Gasteiger partial charge < -0.3 is 10.0 Å². The number of hydrogen-bond acceptors (Lipinski definition) is 5. The number of benzene rings is 1. The van der Waals surface area contributed by atoms with E-state index in [1.165, 1.54) is 36.9 Å². The first-order chi connectivity index (χ1) is 15.7. The number of nitrogens with zero attached hydrogens (tertiary/aromatic N) is 5. The Morgan fingerprint density at radius 2 is 1.84 bits per heavy atom.